The van der Waals surface area contributed by atoms with Gasteiger partial charge in [0, 0.05) is 17.6 Å². The summed E-state index contributed by atoms with van der Waals surface area (Å²) in [7, 11) is -4.16. The third-order valence-electron chi connectivity index (χ3n) is 6.22. The molecule has 7 nitrogen and oxygen atoms in total. The standard InChI is InChI=1S/C30H36FN3O4S/c1-6-23-14-11-13-19-27(23)34(39(37,38)25-16-8-7-9-17-25)21-28(35)33(20-24-15-10-12-18-26(24)31)22(2)29(36)32-30(3,4)5/h7-19,22H,6,20-21H2,1-5H3,(H,32,36)/t22-/m1/s1. The molecule has 0 radical (unpaired) electrons. The van der Waals surface area contributed by atoms with Gasteiger partial charge in [-0.1, -0.05) is 61.5 Å². The van der Waals surface area contributed by atoms with Crippen LogP contribution in [0, 0.1) is 5.82 Å². The van der Waals surface area contributed by atoms with Crippen molar-refractivity contribution < 1.29 is 22.4 Å². The Morgan fingerprint density at radius 1 is 0.897 bits per heavy atom. The van der Waals surface area contributed by atoms with Crippen LogP contribution >= 0.6 is 0 Å². The van der Waals surface area contributed by atoms with E-state index in [-0.39, 0.29) is 17.0 Å². The second-order valence-electron chi connectivity index (χ2n) is 10.3. The van der Waals surface area contributed by atoms with Crippen LogP contribution in [0.25, 0.3) is 0 Å². The Labute approximate surface area is 230 Å². The van der Waals surface area contributed by atoms with Gasteiger partial charge < -0.3 is 10.2 Å². The Balaban J connectivity index is 2.08. The molecule has 0 bridgehead atoms. The highest BCUT2D eigenvalue weighted by Crippen LogP contribution is 2.28. The van der Waals surface area contributed by atoms with Gasteiger partial charge in [-0.3, -0.25) is 13.9 Å². The molecule has 0 aliphatic heterocycles. The number of rotatable bonds is 10. The monoisotopic (exact) mass is 553 g/mol. The zero-order valence-electron chi connectivity index (χ0n) is 23.0. The molecule has 0 aliphatic carbocycles. The Bertz CT molecular complexity index is 1400. The molecule has 0 fully saturated rings. The van der Waals surface area contributed by atoms with Crippen molar-refractivity contribution >= 4 is 27.5 Å². The van der Waals surface area contributed by atoms with Gasteiger partial charge in [0.15, 0.2) is 0 Å². The number of hydrogen-bond donors (Lipinski definition) is 1. The molecule has 0 saturated heterocycles. The third-order valence-corrected chi connectivity index (χ3v) is 7.99. The predicted molar refractivity (Wildman–Crippen MR) is 151 cm³/mol. The maximum atomic E-state index is 14.6. The summed E-state index contributed by atoms with van der Waals surface area (Å²) in [6.07, 6.45) is 0.536. The molecule has 0 aromatic heterocycles. The number of sulfonamides is 1. The van der Waals surface area contributed by atoms with E-state index in [2.05, 4.69) is 5.32 Å². The number of benzene rings is 3. The Morgan fingerprint density at radius 2 is 1.46 bits per heavy atom. The number of amides is 2. The molecular formula is C30H36FN3O4S. The fourth-order valence-electron chi connectivity index (χ4n) is 4.15. The molecule has 39 heavy (non-hydrogen) atoms. The molecule has 3 aromatic carbocycles. The summed E-state index contributed by atoms with van der Waals surface area (Å²) in [6.45, 7) is 8.12. The van der Waals surface area contributed by atoms with Gasteiger partial charge in [-0.25, -0.2) is 12.8 Å². The number of aryl methyl sites for hydroxylation is 1. The molecule has 0 saturated carbocycles. The minimum absolute atomic E-state index is 0.0304. The topological polar surface area (TPSA) is 86.8 Å². The molecule has 1 atom stereocenters. The van der Waals surface area contributed by atoms with Crippen LogP contribution in [0.15, 0.2) is 83.8 Å². The molecule has 208 valence electrons. The van der Waals surface area contributed by atoms with E-state index in [1.165, 1.54) is 35.2 Å². The normalized spacial score (nSPS) is 12.5. The fraction of sp³-hybridized carbons (Fsp3) is 0.333. The molecule has 0 aliphatic rings. The first kappa shape index (κ1) is 29.8. The Morgan fingerprint density at radius 3 is 2.05 bits per heavy atom. The summed E-state index contributed by atoms with van der Waals surface area (Å²) in [5.41, 5.74) is 0.757. The smallest absolute Gasteiger partial charge is 0.264 e. The van der Waals surface area contributed by atoms with Crippen LogP contribution in [-0.2, 0) is 32.6 Å². The van der Waals surface area contributed by atoms with Crippen molar-refractivity contribution in [3.63, 3.8) is 0 Å². The van der Waals surface area contributed by atoms with Crippen molar-refractivity contribution in [1.82, 2.24) is 10.2 Å². The van der Waals surface area contributed by atoms with E-state index in [1.54, 1.807) is 49.4 Å². The number of halogens is 1. The average Bonchev–Trinajstić information content (AvgIpc) is 2.90. The van der Waals surface area contributed by atoms with Crippen molar-refractivity contribution in [2.45, 2.75) is 64.1 Å². The van der Waals surface area contributed by atoms with E-state index in [9.17, 15) is 22.4 Å². The van der Waals surface area contributed by atoms with Gasteiger partial charge in [0.1, 0.15) is 18.4 Å². The van der Waals surface area contributed by atoms with Gasteiger partial charge in [-0.05, 0) is 63.9 Å². The van der Waals surface area contributed by atoms with Gasteiger partial charge in [0.25, 0.3) is 10.0 Å². The van der Waals surface area contributed by atoms with Crippen molar-refractivity contribution in [2.24, 2.45) is 0 Å². The van der Waals surface area contributed by atoms with Crippen LogP contribution in [-0.4, -0.2) is 43.3 Å². The fourth-order valence-corrected chi connectivity index (χ4v) is 5.63. The first-order chi connectivity index (χ1) is 18.3. The average molecular weight is 554 g/mol. The van der Waals surface area contributed by atoms with E-state index in [1.807, 2.05) is 33.8 Å². The zero-order valence-corrected chi connectivity index (χ0v) is 23.8. The highest BCUT2D eigenvalue weighted by atomic mass is 32.2. The lowest BCUT2D eigenvalue weighted by Gasteiger charge is -2.34. The largest absolute Gasteiger partial charge is 0.350 e. The summed E-state index contributed by atoms with van der Waals surface area (Å²) >= 11 is 0. The van der Waals surface area contributed by atoms with E-state index in [4.69, 9.17) is 0 Å². The van der Waals surface area contributed by atoms with Crippen LogP contribution in [0.3, 0.4) is 0 Å². The summed E-state index contributed by atoms with van der Waals surface area (Å²) in [5.74, 6) is -1.59. The lowest BCUT2D eigenvalue weighted by Crippen LogP contribution is -2.54. The Kier molecular flexibility index (Phi) is 9.50. The SMILES string of the molecule is CCc1ccccc1N(CC(=O)N(Cc1ccccc1F)[C@H](C)C(=O)NC(C)(C)C)S(=O)(=O)c1ccccc1. The molecule has 9 heteroatoms. The second kappa shape index (κ2) is 12.4. The number of carbonyl (C=O) groups is 2. The van der Waals surface area contributed by atoms with Crippen molar-refractivity contribution in [3.8, 4) is 0 Å². The van der Waals surface area contributed by atoms with Crippen LogP contribution in [0.4, 0.5) is 10.1 Å². The molecule has 0 heterocycles. The molecule has 1 N–H and O–H groups in total. The van der Waals surface area contributed by atoms with Crippen LogP contribution in [0.1, 0.15) is 45.7 Å². The van der Waals surface area contributed by atoms with Crippen molar-refractivity contribution in [1.29, 1.82) is 0 Å². The molecule has 3 rings (SSSR count). The molecule has 0 unspecified atom stereocenters. The predicted octanol–water partition coefficient (Wildman–Crippen LogP) is 4.92. The molecular weight excluding hydrogens is 517 g/mol. The number of anilines is 1. The van der Waals surface area contributed by atoms with E-state index in [0.717, 1.165) is 9.87 Å². The first-order valence-corrected chi connectivity index (χ1v) is 14.3. The summed E-state index contributed by atoms with van der Waals surface area (Å²) < 4.78 is 43.5. The van der Waals surface area contributed by atoms with E-state index >= 15 is 0 Å². The quantitative estimate of drug-likeness (QED) is 0.386. The minimum Gasteiger partial charge on any atom is -0.350 e. The van der Waals surface area contributed by atoms with Gasteiger partial charge in [0.05, 0.1) is 10.6 Å². The van der Waals surface area contributed by atoms with Gasteiger partial charge in [-0.15, -0.1) is 0 Å². The first-order valence-electron chi connectivity index (χ1n) is 12.9. The molecule has 3 aromatic rings. The lowest BCUT2D eigenvalue weighted by atomic mass is 10.1. The lowest BCUT2D eigenvalue weighted by molar-refractivity contribution is -0.140. The summed E-state index contributed by atoms with van der Waals surface area (Å²) in [6, 6.07) is 19.9. The number of carbonyl (C=O) groups excluding carboxylic acids is 2. The molecule has 0 spiro atoms. The third kappa shape index (κ3) is 7.44. The second-order valence-corrected chi connectivity index (χ2v) is 12.2. The highest BCUT2D eigenvalue weighted by molar-refractivity contribution is 7.92. The number of nitrogens with one attached hydrogen (secondary N) is 1. The zero-order chi connectivity index (χ0) is 28.8. The van der Waals surface area contributed by atoms with Crippen molar-refractivity contribution in [2.75, 3.05) is 10.8 Å². The van der Waals surface area contributed by atoms with Crippen LogP contribution in [0.5, 0.6) is 0 Å². The minimum atomic E-state index is -4.16. The number of nitrogens with zero attached hydrogens (tertiary/aromatic N) is 2. The van der Waals surface area contributed by atoms with Gasteiger partial charge in [-0.2, -0.15) is 0 Å². The molecule has 2 amide bonds. The van der Waals surface area contributed by atoms with E-state index in [0.29, 0.717) is 12.1 Å². The summed E-state index contributed by atoms with van der Waals surface area (Å²) in [5, 5.41) is 2.86. The van der Waals surface area contributed by atoms with Gasteiger partial charge in [0.2, 0.25) is 11.8 Å². The maximum Gasteiger partial charge on any atom is 0.264 e. The van der Waals surface area contributed by atoms with Crippen LogP contribution < -0.4 is 9.62 Å². The van der Waals surface area contributed by atoms with Gasteiger partial charge >= 0.3 is 0 Å². The van der Waals surface area contributed by atoms with E-state index < -0.39 is 45.8 Å². The number of hydrogen-bond acceptors (Lipinski definition) is 4. The van der Waals surface area contributed by atoms with Crippen molar-refractivity contribution in [3.05, 3.63) is 95.8 Å². The number of para-hydroxylation sites is 1. The Hall–Kier alpha value is -3.72. The van der Waals surface area contributed by atoms with Crippen LogP contribution in [0.2, 0.25) is 0 Å². The highest BCUT2D eigenvalue weighted by Gasteiger charge is 2.34. The maximum absolute atomic E-state index is 14.6. The summed E-state index contributed by atoms with van der Waals surface area (Å²) in [4.78, 5) is 28.3.